The Hall–Kier alpha value is 0.235. The van der Waals surface area contributed by atoms with Crippen molar-refractivity contribution in [3.63, 3.8) is 0 Å². The Morgan fingerprint density at radius 3 is 1.56 bits per heavy atom. The topological polar surface area (TPSA) is 44.5 Å². The number of hydrogen-bond donors (Lipinski definition) is 1. The van der Waals surface area contributed by atoms with Gasteiger partial charge in [-0.25, -0.2) is 0 Å². The molecule has 0 atom stereocenters. The van der Waals surface area contributed by atoms with Gasteiger partial charge in [-0.3, -0.25) is 0 Å². The van der Waals surface area contributed by atoms with Crippen molar-refractivity contribution in [1.29, 1.82) is 0 Å². The average molecular weight is 251 g/mol. The second-order valence-electron chi connectivity index (χ2n) is 4.85. The lowest BCUT2D eigenvalue weighted by atomic mass is 9.90. The van der Waals surface area contributed by atoms with Gasteiger partial charge in [0, 0.05) is 0 Å². The first-order valence-electron chi connectivity index (χ1n) is 5.75. The summed E-state index contributed by atoms with van der Waals surface area (Å²) in [6.45, 7) is 11.1. The van der Waals surface area contributed by atoms with E-state index in [9.17, 15) is 0 Å². The van der Waals surface area contributed by atoms with Crippen molar-refractivity contribution in [3.05, 3.63) is 0 Å². The standard InChI is InChI=1S/C6H12BO2.C5H13N.ClH/c1-5(2)6(3,4)9-7-8-5;1-2-3-4-5-6;/h1-4H3;2-6H2,1H3;1H. The molecule has 1 rings (SSSR count). The van der Waals surface area contributed by atoms with E-state index in [1.54, 1.807) is 0 Å². The van der Waals surface area contributed by atoms with Crippen LogP contribution >= 0.6 is 12.4 Å². The monoisotopic (exact) mass is 250 g/mol. The summed E-state index contributed by atoms with van der Waals surface area (Å²) in [4.78, 5) is 0. The van der Waals surface area contributed by atoms with Crippen LogP contribution in [0, 0.1) is 0 Å². The minimum Gasteiger partial charge on any atom is -0.405 e. The van der Waals surface area contributed by atoms with Crippen molar-refractivity contribution in [2.75, 3.05) is 6.54 Å². The molecular weight excluding hydrogens is 224 g/mol. The Balaban J connectivity index is 0. The lowest BCUT2D eigenvalue weighted by molar-refractivity contribution is 0.00578. The molecule has 5 heteroatoms. The van der Waals surface area contributed by atoms with Gasteiger partial charge in [0.25, 0.3) is 0 Å². The largest absolute Gasteiger partial charge is 0.488 e. The Kier molecular flexibility index (Phi) is 9.70. The fourth-order valence-electron chi connectivity index (χ4n) is 0.943. The summed E-state index contributed by atoms with van der Waals surface area (Å²) < 4.78 is 10.4. The summed E-state index contributed by atoms with van der Waals surface area (Å²) >= 11 is 0. The molecule has 97 valence electrons. The first-order valence-corrected chi connectivity index (χ1v) is 5.75. The van der Waals surface area contributed by atoms with E-state index in [-0.39, 0.29) is 23.6 Å². The van der Waals surface area contributed by atoms with Crippen LogP contribution in [-0.4, -0.2) is 25.4 Å². The van der Waals surface area contributed by atoms with Gasteiger partial charge in [0.2, 0.25) is 0 Å². The van der Waals surface area contributed by atoms with Crippen molar-refractivity contribution in [2.45, 2.75) is 65.1 Å². The summed E-state index contributed by atoms with van der Waals surface area (Å²) in [5.41, 5.74) is 4.84. The van der Waals surface area contributed by atoms with Gasteiger partial charge in [0.1, 0.15) is 0 Å². The lowest BCUT2D eigenvalue weighted by Gasteiger charge is -2.32. The van der Waals surface area contributed by atoms with Crippen LogP contribution in [0.1, 0.15) is 53.9 Å². The minimum absolute atomic E-state index is 0. The maximum Gasteiger partial charge on any atom is 0.488 e. The predicted molar refractivity (Wildman–Crippen MR) is 71.9 cm³/mol. The molecule has 1 aliphatic rings. The minimum atomic E-state index is -0.188. The molecule has 2 N–H and O–H groups in total. The van der Waals surface area contributed by atoms with E-state index < -0.39 is 0 Å². The molecule has 0 unspecified atom stereocenters. The number of rotatable bonds is 3. The second kappa shape index (κ2) is 8.34. The number of hydrogen-bond acceptors (Lipinski definition) is 3. The van der Waals surface area contributed by atoms with Crippen molar-refractivity contribution in [2.24, 2.45) is 5.73 Å². The highest BCUT2D eigenvalue weighted by Crippen LogP contribution is 2.33. The third-order valence-corrected chi connectivity index (χ3v) is 2.94. The summed E-state index contributed by atoms with van der Waals surface area (Å²) in [6.07, 6.45) is 3.75. The molecule has 0 bridgehead atoms. The number of halogens is 1. The Bertz CT molecular complexity index is 159. The van der Waals surface area contributed by atoms with Crippen LogP contribution in [0.2, 0.25) is 0 Å². The quantitative estimate of drug-likeness (QED) is 0.619. The van der Waals surface area contributed by atoms with Crippen molar-refractivity contribution < 1.29 is 9.31 Å². The molecule has 0 aromatic carbocycles. The zero-order chi connectivity index (χ0) is 11.9. The van der Waals surface area contributed by atoms with E-state index in [4.69, 9.17) is 15.0 Å². The maximum absolute atomic E-state index is 5.21. The van der Waals surface area contributed by atoms with Gasteiger partial charge in [0.05, 0.1) is 11.2 Å². The summed E-state index contributed by atoms with van der Waals surface area (Å²) in [5.74, 6) is 0. The molecule has 1 fully saturated rings. The Labute approximate surface area is 107 Å². The van der Waals surface area contributed by atoms with Gasteiger partial charge < -0.3 is 15.0 Å². The molecule has 0 aromatic heterocycles. The van der Waals surface area contributed by atoms with Gasteiger partial charge in [-0.2, -0.15) is 0 Å². The molecule has 0 amide bonds. The van der Waals surface area contributed by atoms with Gasteiger partial charge in [-0.1, -0.05) is 19.8 Å². The van der Waals surface area contributed by atoms with Crippen LogP contribution in [0.25, 0.3) is 0 Å². The van der Waals surface area contributed by atoms with E-state index in [1.165, 1.54) is 26.9 Å². The molecule has 0 aliphatic carbocycles. The highest BCUT2D eigenvalue weighted by Gasteiger charge is 2.44. The molecule has 3 nitrogen and oxygen atoms in total. The molecule has 0 saturated carbocycles. The predicted octanol–water partition coefficient (Wildman–Crippen LogP) is 2.68. The molecule has 0 aromatic rings. The van der Waals surface area contributed by atoms with Gasteiger partial charge in [0.15, 0.2) is 0 Å². The number of unbranched alkanes of at least 4 members (excludes halogenated alkanes) is 2. The van der Waals surface area contributed by atoms with Crippen molar-refractivity contribution in [1.82, 2.24) is 0 Å². The molecule has 1 heterocycles. The second-order valence-corrected chi connectivity index (χ2v) is 4.85. The van der Waals surface area contributed by atoms with E-state index in [0.717, 1.165) is 6.54 Å². The van der Waals surface area contributed by atoms with Crippen molar-refractivity contribution in [3.8, 4) is 0 Å². The first kappa shape index (κ1) is 18.6. The van der Waals surface area contributed by atoms with Crippen LogP contribution in [-0.2, 0) is 9.31 Å². The first-order chi connectivity index (χ1) is 6.87. The molecular formula is C11H26BClNO2. The lowest BCUT2D eigenvalue weighted by Crippen LogP contribution is -2.41. The van der Waals surface area contributed by atoms with Crippen LogP contribution in [0.15, 0.2) is 0 Å². The van der Waals surface area contributed by atoms with Crippen LogP contribution < -0.4 is 5.73 Å². The fourth-order valence-corrected chi connectivity index (χ4v) is 0.943. The van der Waals surface area contributed by atoms with Crippen LogP contribution in [0.5, 0.6) is 0 Å². The maximum atomic E-state index is 5.21. The van der Waals surface area contributed by atoms with E-state index >= 15 is 0 Å². The highest BCUT2D eigenvalue weighted by atomic mass is 35.5. The molecule has 0 spiro atoms. The SMILES string of the molecule is CC1(C)O[B]OC1(C)C.CCCCCN.Cl. The molecule has 16 heavy (non-hydrogen) atoms. The summed E-state index contributed by atoms with van der Waals surface area (Å²) in [6, 6.07) is 0. The third-order valence-electron chi connectivity index (χ3n) is 2.94. The zero-order valence-corrected chi connectivity index (χ0v) is 12.0. The Morgan fingerprint density at radius 1 is 1.00 bits per heavy atom. The van der Waals surface area contributed by atoms with E-state index in [1.807, 2.05) is 27.7 Å². The average Bonchev–Trinajstić information content (AvgIpc) is 2.37. The van der Waals surface area contributed by atoms with Gasteiger partial charge >= 0.3 is 7.69 Å². The molecule has 1 radical (unpaired) electrons. The van der Waals surface area contributed by atoms with Crippen LogP contribution in [0.4, 0.5) is 0 Å². The zero-order valence-electron chi connectivity index (χ0n) is 11.2. The number of nitrogens with two attached hydrogens (primary N) is 1. The highest BCUT2D eigenvalue weighted by molar-refractivity contribution is 6.19. The van der Waals surface area contributed by atoms with Crippen LogP contribution in [0.3, 0.4) is 0 Å². The Morgan fingerprint density at radius 2 is 1.44 bits per heavy atom. The summed E-state index contributed by atoms with van der Waals surface area (Å²) in [5, 5.41) is 0. The van der Waals surface area contributed by atoms with Gasteiger partial charge in [-0.15, -0.1) is 12.4 Å². The van der Waals surface area contributed by atoms with E-state index in [2.05, 4.69) is 6.92 Å². The smallest absolute Gasteiger partial charge is 0.405 e. The van der Waals surface area contributed by atoms with Crippen molar-refractivity contribution >= 4 is 20.1 Å². The van der Waals surface area contributed by atoms with Gasteiger partial charge in [-0.05, 0) is 40.7 Å². The normalized spacial score (nSPS) is 20.1. The molecule has 1 aliphatic heterocycles. The molecule has 1 saturated heterocycles. The summed E-state index contributed by atoms with van der Waals surface area (Å²) in [7, 11) is 1.42. The third kappa shape index (κ3) is 6.09. The van der Waals surface area contributed by atoms with E-state index in [0.29, 0.717) is 0 Å². The fraction of sp³-hybridized carbons (Fsp3) is 1.00.